The molecule has 1 nitrogen and oxygen atoms in total. The summed E-state index contributed by atoms with van der Waals surface area (Å²) in [5.74, 6) is 1.65. The summed E-state index contributed by atoms with van der Waals surface area (Å²) in [6.45, 7) is 6.16. The van der Waals surface area contributed by atoms with Gasteiger partial charge in [0.1, 0.15) is 0 Å². The van der Waals surface area contributed by atoms with Gasteiger partial charge in [0.25, 0.3) is 0 Å². The molecule has 0 saturated heterocycles. The second kappa shape index (κ2) is 9.43. The summed E-state index contributed by atoms with van der Waals surface area (Å²) < 4.78 is 5.07. The number of rotatable bonds is 9. The zero-order chi connectivity index (χ0) is 13.9. The van der Waals surface area contributed by atoms with Gasteiger partial charge in [-0.2, -0.15) is 0 Å². The monoisotopic (exact) mass is 258 g/mol. The number of ether oxygens (including phenoxy) is 1. The van der Waals surface area contributed by atoms with Gasteiger partial charge in [0, 0.05) is 6.42 Å². The van der Waals surface area contributed by atoms with E-state index in [2.05, 4.69) is 49.9 Å². The molecule has 0 N–H and O–H groups in total. The van der Waals surface area contributed by atoms with Gasteiger partial charge in [0.2, 0.25) is 0 Å². The van der Waals surface area contributed by atoms with Gasteiger partial charge >= 0.3 is 0 Å². The van der Waals surface area contributed by atoms with Gasteiger partial charge in [0.15, 0.2) is 0 Å². The highest BCUT2D eigenvalue weighted by Gasteiger charge is 2.00. The molecule has 1 unspecified atom stereocenters. The van der Waals surface area contributed by atoms with Crippen molar-refractivity contribution in [1.82, 2.24) is 0 Å². The highest BCUT2D eigenvalue weighted by molar-refractivity contribution is 5.48. The van der Waals surface area contributed by atoms with Crippen molar-refractivity contribution in [1.29, 1.82) is 0 Å². The lowest BCUT2D eigenvalue weighted by Gasteiger charge is -2.09. The summed E-state index contributed by atoms with van der Waals surface area (Å²) in [5, 5.41) is 0. The molecule has 1 atom stereocenters. The fraction of sp³-hybridized carbons (Fsp3) is 0.444. The minimum Gasteiger partial charge on any atom is -0.502 e. The third-order valence-corrected chi connectivity index (χ3v) is 3.34. The van der Waals surface area contributed by atoms with Gasteiger partial charge in [0.05, 0.1) is 12.9 Å². The first kappa shape index (κ1) is 15.6. The van der Waals surface area contributed by atoms with Crippen LogP contribution in [0, 0.1) is 5.92 Å². The summed E-state index contributed by atoms with van der Waals surface area (Å²) in [6, 6.07) is 10.5. The van der Waals surface area contributed by atoms with Gasteiger partial charge in [-0.15, -0.1) is 0 Å². The van der Waals surface area contributed by atoms with E-state index in [1.165, 1.54) is 24.8 Å². The van der Waals surface area contributed by atoms with Gasteiger partial charge in [-0.1, -0.05) is 68.8 Å². The average Bonchev–Trinajstić information content (AvgIpc) is 2.44. The van der Waals surface area contributed by atoms with Crippen LogP contribution in [0.25, 0.3) is 6.08 Å². The first-order chi connectivity index (χ1) is 9.22. The lowest BCUT2D eigenvalue weighted by molar-refractivity contribution is 0.275. The van der Waals surface area contributed by atoms with Crippen LogP contribution in [0.2, 0.25) is 0 Å². The molecule has 0 aromatic heterocycles. The molecule has 0 aliphatic carbocycles. The Bertz CT molecular complexity index is 378. The Morgan fingerprint density at radius 1 is 1.26 bits per heavy atom. The number of hydrogen-bond acceptors (Lipinski definition) is 1. The third kappa shape index (κ3) is 7.50. The quantitative estimate of drug-likeness (QED) is 0.423. The molecule has 0 heterocycles. The lowest BCUT2D eigenvalue weighted by Crippen LogP contribution is -1.93. The Morgan fingerprint density at radius 3 is 2.68 bits per heavy atom. The third-order valence-electron chi connectivity index (χ3n) is 3.34. The lowest BCUT2D eigenvalue weighted by atomic mass is 9.99. The van der Waals surface area contributed by atoms with Crippen molar-refractivity contribution in [3.8, 4) is 0 Å². The topological polar surface area (TPSA) is 9.23 Å². The second-order valence-corrected chi connectivity index (χ2v) is 5.14. The van der Waals surface area contributed by atoms with Crippen LogP contribution in [-0.4, -0.2) is 7.11 Å². The van der Waals surface area contributed by atoms with Crippen molar-refractivity contribution in [3.63, 3.8) is 0 Å². The van der Waals surface area contributed by atoms with Gasteiger partial charge in [-0.3, -0.25) is 0 Å². The first-order valence-corrected chi connectivity index (χ1v) is 7.15. The molecule has 0 aliphatic heterocycles. The smallest absolute Gasteiger partial charge is 0.0883 e. The van der Waals surface area contributed by atoms with E-state index in [9.17, 15) is 0 Å². The molecule has 0 fully saturated rings. The van der Waals surface area contributed by atoms with E-state index in [0.717, 1.165) is 24.5 Å². The number of hydrogen-bond donors (Lipinski definition) is 0. The van der Waals surface area contributed by atoms with Crippen LogP contribution in [0.1, 0.15) is 44.6 Å². The van der Waals surface area contributed by atoms with Crippen molar-refractivity contribution < 1.29 is 4.74 Å². The highest BCUT2D eigenvalue weighted by atomic mass is 16.5. The van der Waals surface area contributed by atoms with Gasteiger partial charge in [-0.05, 0) is 24.3 Å². The van der Waals surface area contributed by atoms with E-state index in [-0.39, 0.29) is 0 Å². The van der Waals surface area contributed by atoms with E-state index >= 15 is 0 Å². The maximum absolute atomic E-state index is 5.07. The van der Waals surface area contributed by atoms with E-state index < -0.39 is 0 Å². The van der Waals surface area contributed by atoms with E-state index in [4.69, 9.17) is 4.74 Å². The van der Waals surface area contributed by atoms with E-state index in [1.54, 1.807) is 7.11 Å². The van der Waals surface area contributed by atoms with E-state index in [1.807, 2.05) is 6.07 Å². The number of benzene rings is 1. The Labute approximate surface area is 118 Å². The summed E-state index contributed by atoms with van der Waals surface area (Å²) >= 11 is 0. The Hall–Kier alpha value is -1.50. The van der Waals surface area contributed by atoms with Crippen LogP contribution < -0.4 is 0 Å². The molecular formula is C18H26O. The van der Waals surface area contributed by atoms with Crippen LogP contribution in [0.15, 0.2) is 48.7 Å². The second-order valence-electron chi connectivity index (χ2n) is 5.14. The molecule has 1 aromatic carbocycles. The van der Waals surface area contributed by atoms with Gasteiger partial charge in [-0.25, -0.2) is 0 Å². The van der Waals surface area contributed by atoms with Crippen LogP contribution in [0.3, 0.4) is 0 Å². The van der Waals surface area contributed by atoms with Crippen molar-refractivity contribution >= 4 is 6.08 Å². The largest absolute Gasteiger partial charge is 0.502 e. The van der Waals surface area contributed by atoms with Crippen molar-refractivity contribution in [2.45, 2.75) is 39.0 Å². The molecule has 19 heavy (non-hydrogen) atoms. The minimum absolute atomic E-state index is 0.746. The van der Waals surface area contributed by atoms with Crippen LogP contribution in [0.5, 0.6) is 0 Å². The van der Waals surface area contributed by atoms with Crippen molar-refractivity contribution in [2.75, 3.05) is 7.11 Å². The molecule has 1 heteroatoms. The molecular weight excluding hydrogens is 232 g/mol. The highest BCUT2D eigenvalue weighted by Crippen LogP contribution is 2.16. The zero-order valence-corrected chi connectivity index (χ0v) is 12.3. The molecule has 1 aromatic rings. The molecule has 0 aliphatic rings. The summed E-state index contributed by atoms with van der Waals surface area (Å²) in [4.78, 5) is 0. The Morgan fingerprint density at radius 2 is 2.00 bits per heavy atom. The Kier molecular flexibility index (Phi) is 7.72. The fourth-order valence-electron chi connectivity index (χ4n) is 2.04. The maximum atomic E-state index is 5.07. The zero-order valence-electron chi connectivity index (χ0n) is 12.3. The van der Waals surface area contributed by atoms with Crippen molar-refractivity contribution in [2.24, 2.45) is 5.92 Å². The molecule has 0 bridgehead atoms. The number of allylic oxidation sites excluding steroid dienone is 2. The maximum Gasteiger partial charge on any atom is 0.0883 e. The SMILES string of the molecule is C=C(CCCCC(C)C/C=C/c1ccccc1)OC. The first-order valence-electron chi connectivity index (χ1n) is 7.15. The summed E-state index contributed by atoms with van der Waals surface area (Å²) in [7, 11) is 1.69. The summed E-state index contributed by atoms with van der Waals surface area (Å²) in [6.07, 6.45) is 10.3. The van der Waals surface area contributed by atoms with Gasteiger partial charge < -0.3 is 4.74 Å². The molecule has 0 amide bonds. The van der Waals surface area contributed by atoms with Crippen LogP contribution >= 0.6 is 0 Å². The number of methoxy groups -OCH3 is 1. The van der Waals surface area contributed by atoms with Crippen LogP contribution in [-0.2, 0) is 4.74 Å². The number of unbranched alkanes of at least 4 members (excludes halogenated alkanes) is 1. The minimum atomic E-state index is 0.746. The summed E-state index contributed by atoms with van der Waals surface area (Å²) in [5.41, 5.74) is 1.28. The molecule has 0 spiro atoms. The molecule has 0 saturated carbocycles. The normalized spacial score (nSPS) is 12.5. The molecule has 0 radical (unpaired) electrons. The Balaban J connectivity index is 2.12. The average molecular weight is 258 g/mol. The fourth-order valence-corrected chi connectivity index (χ4v) is 2.04. The van der Waals surface area contributed by atoms with E-state index in [0.29, 0.717) is 0 Å². The van der Waals surface area contributed by atoms with Crippen molar-refractivity contribution in [3.05, 3.63) is 54.3 Å². The van der Waals surface area contributed by atoms with Crippen LogP contribution in [0.4, 0.5) is 0 Å². The predicted octanol–water partition coefficient (Wildman–Crippen LogP) is 5.45. The predicted molar refractivity (Wildman–Crippen MR) is 83.9 cm³/mol. The molecule has 104 valence electrons. The molecule has 1 rings (SSSR count). The standard InChI is InChI=1S/C18H26O/c1-16(10-7-8-12-17(2)19-3)11-9-15-18-13-5-4-6-14-18/h4-6,9,13-16H,2,7-8,10-12H2,1,3H3/b15-9+.